The van der Waals surface area contributed by atoms with Crippen LogP contribution >= 0.6 is 7.60 Å². The zero-order chi connectivity index (χ0) is 17.3. The molecule has 23 heavy (non-hydrogen) atoms. The summed E-state index contributed by atoms with van der Waals surface area (Å²) in [7, 11) is -4.67. The molecule has 4 atom stereocenters. The van der Waals surface area contributed by atoms with Gasteiger partial charge in [0.05, 0.1) is 31.7 Å². The molecule has 0 saturated heterocycles. The molecule has 8 heteroatoms. The second kappa shape index (κ2) is 6.99. The van der Waals surface area contributed by atoms with E-state index < -0.39 is 37.0 Å². The predicted molar refractivity (Wildman–Crippen MR) is 80.2 cm³/mol. The minimum Gasteiger partial charge on any atom is -0.466 e. The van der Waals surface area contributed by atoms with Gasteiger partial charge in [0.15, 0.2) is 0 Å². The fourth-order valence-corrected chi connectivity index (χ4v) is 5.40. The average molecular weight is 352 g/mol. The highest BCUT2D eigenvalue weighted by molar-refractivity contribution is 7.55. The molecule has 0 amide bonds. The monoisotopic (exact) mass is 352 g/mol. The zero-order valence-electron chi connectivity index (χ0n) is 13.5. The van der Waals surface area contributed by atoms with E-state index in [0.717, 1.165) is 0 Å². The zero-order valence-corrected chi connectivity index (χ0v) is 14.4. The molecule has 0 spiro atoms. The first-order valence-electron chi connectivity index (χ1n) is 7.94. The van der Waals surface area contributed by atoms with Gasteiger partial charge in [0, 0.05) is 0 Å². The number of allylic oxidation sites excluding steroid dienone is 2. The van der Waals surface area contributed by atoms with E-state index in [1.807, 2.05) is 0 Å². The number of esters is 1. The predicted octanol–water partition coefficient (Wildman–Crippen LogP) is 3.85. The van der Waals surface area contributed by atoms with E-state index in [0.29, 0.717) is 6.42 Å². The lowest BCUT2D eigenvalue weighted by Crippen LogP contribution is -2.41. The van der Waals surface area contributed by atoms with E-state index in [1.165, 1.54) is 13.8 Å². The molecule has 132 valence electrons. The van der Waals surface area contributed by atoms with E-state index in [1.54, 1.807) is 19.1 Å². The third-order valence-corrected chi connectivity index (χ3v) is 6.61. The van der Waals surface area contributed by atoms with Crippen LogP contribution in [0.4, 0.5) is 8.78 Å². The van der Waals surface area contributed by atoms with Crippen molar-refractivity contribution in [2.45, 2.75) is 32.9 Å². The molecular formula is C15H23F2O5P. The summed E-state index contributed by atoms with van der Waals surface area (Å²) in [5, 5.41) is 0. The maximum atomic E-state index is 15.1. The van der Waals surface area contributed by atoms with Crippen LogP contribution < -0.4 is 0 Å². The number of carbonyl (C=O) groups excluding carboxylic acids is 1. The van der Waals surface area contributed by atoms with E-state index in [4.69, 9.17) is 13.8 Å². The minimum atomic E-state index is -4.67. The molecule has 1 fully saturated rings. The Morgan fingerprint density at radius 2 is 1.70 bits per heavy atom. The standard InChI is InChI=1S/C15H23F2O5P/c1-4-20-14(18)12-10-7-8-11(9-10)13(12)15(16,17)23(19,21-5-2)22-6-3/h7-8,10-13H,4-6,9H2,1-3H3/t10-,11+,12-,13-/m1/s1. The highest BCUT2D eigenvalue weighted by atomic mass is 31.2. The van der Waals surface area contributed by atoms with Crippen LogP contribution in [-0.2, 0) is 23.1 Å². The van der Waals surface area contributed by atoms with Gasteiger partial charge in [-0.2, -0.15) is 8.78 Å². The normalized spacial score (nSPS) is 30.0. The molecule has 0 radical (unpaired) electrons. The van der Waals surface area contributed by atoms with Crippen LogP contribution in [0.3, 0.4) is 0 Å². The maximum Gasteiger partial charge on any atom is 0.399 e. The first kappa shape index (κ1) is 18.6. The lowest BCUT2D eigenvalue weighted by atomic mass is 9.83. The molecule has 0 aromatic heterocycles. The van der Waals surface area contributed by atoms with Crippen molar-refractivity contribution in [3.05, 3.63) is 12.2 Å². The fourth-order valence-electron chi connectivity index (χ4n) is 3.59. The highest BCUT2D eigenvalue weighted by Crippen LogP contribution is 2.70. The highest BCUT2D eigenvalue weighted by Gasteiger charge is 2.67. The van der Waals surface area contributed by atoms with Crippen molar-refractivity contribution in [1.82, 2.24) is 0 Å². The summed E-state index contributed by atoms with van der Waals surface area (Å²) in [5.41, 5.74) is -3.75. The van der Waals surface area contributed by atoms with Gasteiger partial charge in [-0.25, -0.2) is 0 Å². The van der Waals surface area contributed by atoms with Gasteiger partial charge in [0.1, 0.15) is 0 Å². The Kier molecular flexibility index (Phi) is 5.64. The SMILES string of the molecule is CCOC(=O)[C@H]1[C@H](C(F)(F)P(=O)(OCC)OCC)[C@H]2C=C[C@@H]1C2. The Morgan fingerprint density at radius 1 is 1.13 bits per heavy atom. The largest absolute Gasteiger partial charge is 0.466 e. The second-order valence-electron chi connectivity index (χ2n) is 5.67. The van der Waals surface area contributed by atoms with Gasteiger partial charge in [0.2, 0.25) is 0 Å². The van der Waals surface area contributed by atoms with E-state index in [2.05, 4.69) is 0 Å². The van der Waals surface area contributed by atoms with Crippen LogP contribution in [0.5, 0.6) is 0 Å². The lowest BCUT2D eigenvalue weighted by molar-refractivity contribution is -0.155. The molecule has 0 aliphatic heterocycles. The third-order valence-electron chi connectivity index (χ3n) is 4.38. The van der Waals surface area contributed by atoms with Gasteiger partial charge >= 0.3 is 19.2 Å². The molecule has 0 aromatic rings. The van der Waals surface area contributed by atoms with Gasteiger partial charge in [-0.1, -0.05) is 12.2 Å². The Balaban J connectivity index is 2.37. The van der Waals surface area contributed by atoms with Crippen molar-refractivity contribution in [3.63, 3.8) is 0 Å². The Morgan fingerprint density at radius 3 is 2.22 bits per heavy atom. The van der Waals surface area contributed by atoms with Crippen molar-refractivity contribution in [1.29, 1.82) is 0 Å². The van der Waals surface area contributed by atoms with Crippen LogP contribution in [0.1, 0.15) is 27.2 Å². The van der Waals surface area contributed by atoms with E-state index in [-0.39, 0.29) is 25.7 Å². The molecule has 0 unspecified atom stereocenters. The first-order valence-corrected chi connectivity index (χ1v) is 9.48. The van der Waals surface area contributed by atoms with Crippen LogP contribution in [-0.4, -0.2) is 31.5 Å². The van der Waals surface area contributed by atoms with Gasteiger partial charge < -0.3 is 13.8 Å². The average Bonchev–Trinajstić information content (AvgIpc) is 3.08. The minimum absolute atomic E-state index is 0.114. The Hall–Kier alpha value is -0.780. The summed E-state index contributed by atoms with van der Waals surface area (Å²) in [6.07, 6.45) is 3.87. The molecule has 5 nitrogen and oxygen atoms in total. The molecule has 2 aliphatic carbocycles. The number of rotatable bonds is 8. The van der Waals surface area contributed by atoms with Gasteiger partial charge in [-0.05, 0) is 39.0 Å². The number of hydrogen-bond donors (Lipinski definition) is 0. The van der Waals surface area contributed by atoms with Crippen LogP contribution in [0.15, 0.2) is 12.2 Å². The summed E-state index contributed by atoms with van der Waals surface area (Å²) in [5.74, 6) is -3.96. The lowest BCUT2D eigenvalue weighted by Gasteiger charge is -2.36. The summed E-state index contributed by atoms with van der Waals surface area (Å²) in [4.78, 5) is 12.2. The topological polar surface area (TPSA) is 61.8 Å². The number of halogens is 2. The van der Waals surface area contributed by atoms with Crippen molar-refractivity contribution in [2.24, 2.45) is 23.7 Å². The van der Waals surface area contributed by atoms with Crippen LogP contribution in [0.25, 0.3) is 0 Å². The molecule has 2 aliphatic rings. The molecule has 0 N–H and O–H groups in total. The summed E-state index contributed by atoms with van der Waals surface area (Å²) >= 11 is 0. The molecule has 0 aromatic carbocycles. The summed E-state index contributed by atoms with van der Waals surface area (Å²) < 4.78 is 57.5. The molecule has 1 saturated carbocycles. The van der Waals surface area contributed by atoms with Crippen molar-refractivity contribution >= 4 is 13.6 Å². The molecular weight excluding hydrogens is 329 g/mol. The van der Waals surface area contributed by atoms with Crippen molar-refractivity contribution < 1.29 is 31.9 Å². The van der Waals surface area contributed by atoms with E-state index in [9.17, 15) is 9.36 Å². The first-order chi connectivity index (χ1) is 10.8. The second-order valence-corrected chi connectivity index (χ2v) is 7.78. The Labute approximate surface area is 134 Å². The van der Waals surface area contributed by atoms with Crippen LogP contribution in [0.2, 0.25) is 0 Å². The fraction of sp³-hybridized carbons (Fsp3) is 0.800. The van der Waals surface area contributed by atoms with Gasteiger partial charge in [-0.15, -0.1) is 0 Å². The van der Waals surface area contributed by atoms with Crippen LogP contribution in [0, 0.1) is 23.7 Å². The summed E-state index contributed by atoms with van der Waals surface area (Å²) in [6, 6.07) is 0. The maximum absolute atomic E-state index is 15.1. The van der Waals surface area contributed by atoms with Gasteiger partial charge in [-0.3, -0.25) is 9.36 Å². The smallest absolute Gasteiger partial charge is 0.399 e. The number of alkyl halides is 2. The number of carbonyl (C=O) groups is 1. The van der Waals surface area contributed by atoms with Gasteiger partial charge in [0.25, 0.3) is 0 Å². The van der Waals surface area contributed by atoms with Crippen molar-refractivity contribution in [3.8, 4) is 0 Å². The number of hydrogen-bond acceptors (Lipinski definition) is 5. The number of ether oxygens (including phenoxy) is 1. The third kappa shape index (κ3) is 3.11. The molecule has 2 rings (SSSR count). The summed E-state index contributed by atoms with van der Waals surface area (Å²) in [6.45, 7) is 4.38. The van der Waals surface area contributed by atoms with Crippen molar-refractivity contribution in [2.75, 3.05) is 19.8 Å². The Bertz CT molecular complexity index is 512. The molecule has 2 bridgehead atoms. The van der Waals surface area contributed by atoms with E-state index >= 15 is 8.78 Å². The molecule has 0 heterocycles. The quantitative estimate of drug-likeness (QED) is 0.377. The number of fused-ring (bicyclic) bond motifs is 2.